The van der Waals surface area contributed by atoms with E-state index in [9.17, 15) is 14.0 Å². The minimum absolute atomic E-state index is 0. The van der Waals surface area contributed by atoms with Gasteiger partial charge in [-0.2, -0.15) is 0 Å². The molecular formula is C19H23ClFN3O2. The van der Waals surface area contributed by atoms with Crippen molar-refractivity contribution in [3.63, 3.8) is 0 Å². The first-order chi connectivity index (χ1) is 12.0. The fraction of sp³-hybridized carbons (Fsp3) is 0.263. The topological polar surface area (TPSA) is 84.2 Å². The van der Waals surface area contributed by atoms with E-state index >= 15 is 0 Å². The molecular weight excluding hydrogens is 357 g/mol. The van der Waals surface area contributed by atoms with Crippen LogP contribution in [0.3, 0.4) is 0 Å². The minimum Gasteiger partial charge on any atom is -0.351 e. The molecule has 2 aromatic carbocycles. The number of hydrogen-bond acceptors (Lipinski definition) is 3. The summed E-state index contributed by atoms with van der Waals surface area (Å²) in [6.07, 6.45) is 1.48. The first-order valence-electron chi connectivity index (χ1n) is 8.18. The van der Waals surface area contributed by atoms with Gasteiger partial charge in [-0.05, 0) is 42.3 Å². The number of anilines is 1. The van der Waals surface area contributed by atoms with Gasteiger partial charge in [-0.3, -0.25) is 9.59 Å². The zero-order valence-corrected chi connectivity index (χ0v) is 15.3. The van der Waals surface area contributed by atoms with E-state index in [0.29, 0.717) is 18.7 Å². The molecule has 5 nitrogen and oxygen atoms in total. The summed E-state index contributed by atoms with van der Waals surface area (Å²) >= 11 is 0. The van der Waals surface area contributed by atoms with Gasteiger partial charge in [0.2, 0.25) is 5.91 Å². The molecule has 2 aromatic rings. The lowest BCUT2D eigenvalue weighted by molar-refractivity contribution is -0.122. The zero-order chi connectivity index (χ0) is 18.2. The fourth-order valence-corrected chi connectivity index (χ4v) is 2.35. The van der Waals surface area contributed by atoms with E-state index in [4.69, 9.17) is 5.73 Å². The molecule has 26 heavy (non-hydrogen) atoms. The monoisotopic (exact) mass is 379 g/mol. The fourth-order valence-electron chi connectivity index (χ4n) is 2.35. The number of halogens is 2. The molecule has 0 aliphatic rings. The smallest absolute Gasteiger partial charge is 0.255 e. The number of amides is 2. The summed E-state index contributed by atoms with van der Waals surface area (Å²) < 4.78 is 13.2. The van der Waals surface area contributed by atoms with Crippen molar-refractivity contribution in [3.05, 3.63) is 65.5 Å². The van der Waals surface area contributed by atoms with Crippen LogP contribution in [0.1, 0.15) is 35.7 Å². The summed E-state index contributed by atoms with van der Waals surface area (Å²) in [4.78, 5) is 24.0. The minimum atomic E-state index is -0.513. The predicted molar refractivity (Wildman–Crippen MR) is 103 cm³/mol. The molecule has 1 atom stereocenters. The maximum Gasteiger partial charge on any atom is 0.255 e. The molecule has 0 aliphatic carbocycles. The van der Waals surface area contributed by atoms with Gasteiger partial charge in [-0.25, -0.2) is 4.39 Å². The van der Waals surface area contributed by atoms with Gasteiger partial charge in [-0.15, -0.1) is 12.4 Å². The third-order valence-corrected chi connectivity index (χ3v) is 3.67. The molecule has 1 unspecified atom stereocenters. The second-order valence-electron chi connectivity index (χ2n) is 5.78. The van der Waals surface area contributed by atoms with Crippen LogP contribution in [0.2, 0.25) is 0 Å². The Balaban J connectivity index is 0.00000338. The molecule has 7 heteroatoms. The van der Waals surface area contributed by atoms with Gasteiger partial charge in [0.05, 0.1) is 6.04 Å². The molecule has 0 radical (unpaired) electrons. The lowest BCUT2D eigenvalue weighted by Gasteiger charge is -2.12. The molecule has 0 bridgehead atoms. The second kappa shape index (κ2) is 10.5. The molecule has 0 spiro atoms. The number of benzene rings is 2. The van der Waals surface area contributed by atoms with E-state index in [1.165, 1.54) is 24.3 Å². The van der Waals surface area contributed by atoms with E-state index in [2.05, 4.69) is 10.6 Å². The summed E-state index contributed by atoms with van der Waals surface area (Å²) in [6, 6.07) is 12.1. The largest absolute Gasteiger partial charge is 0.351 e. The SMILES string of the molecule is CCCC(N)C(=O)NCc1cccc(NC(=O)c2cccc(F)c2)c1.Cl. The highest BCUT2D eigenvalue weighted by atomic mass is 35.5. The van der Waals surface area contributed by atoms with Crippen LogP contribution in [0.5, 0.6) is 0 Å². The van der Waals surface area contributed by atoms with Crippen molar-refractivity contribution < 1.29 is 14.0 Å². The van der Waals surface area contributed by atoms with Crippen LogP contribution in [-0.2, 0) is 11.3 Å². The Hall–Kier alpha value is -2.44. The third-order valence-electron chi connectivity index (χ3n) is 3.67. The molecule has 0 fully saturated rings. The van der Waals surface area contributed by atoms with Crippen molar-refractivity contribution in [2.75, 3.05) is 5.32 Å². The quantitative estimate of drug-likeness (QED) is 0.690. The number of rotatable bonds is 7. The lowest BCUT2D eigenvalue weighted by Crippen LogP contribution is -2.40. The lowest BCUT2D eigenvalue weighted by atomic mass is 10.1. The zero-order valence-electron chi connectivity index (χ0n) is 14.5. The normalized spacial score (nSPS) is 11.2. The van der Waals surface area contributed by atoms with Crippen LogP contribution in [0.25, 0.3) is 0 Å². The third kappa shape index (κ3) is 6.46. The van der Waals surface area contributed by atoms with Gasteiger partial charge in [0.1, 0.15) is 5.82 Å². The molecule has 0 heterocycles. The Morgan fingerprint density at radius 3 is 2.58 bits per heavy atom. The molecule has 0 aliphatic heterocycles. The van der Waals surface area contributed by atoms with E-state index < -0.39 is 17.8 Å². The number of carbonyl (C=O) groups is 2. The van der Waals surface area contributed by atoms with Crippen LogP contribution in [0, 0.1) is 5.82 Å². The Morgan fingerprint density at radius 2 is 1.88 bits per heavy atom. The molecule has 4 N–H and O–H groups in total. The van der Waals surface area contributed by atoms with Crippen molar-refractivity contribution in [2.24, 2.45) is 5.73 Å². The van der Waals surface area contributed by atoms with Gasteiger partial charge in [0.15, 0.2) is 0 Å². The molecule has 0 aromatic heterocycles. The summed E-state index contributed by atoms with van der Waals surface area (Å²) in [5.41, 5.74) is 7.40. The van der Waals surface area contributed by atoms with Gasteiger partial charge in [0, 0.05) is 17.8 Å². The van der Waals surface area contributed by atoms with Gasteiger partial charge < -0.3 is 16.4 Å². The molecule has 2 rings (SSSR count). The number of carbonyl (C=O) groups excluding carboxylic acids is 2. The maximum absolute atomic E-state index is 13.2. The van der Waals surface area contributed by atoms with Crippen molar-refractivity contribution in [3.8, 4) is 0 Å². The standard InChI is InChI=1S/C19H22FN3O2.ClH/c1-2-5-17(21)19(25)22-12-13-6-3-9-16(10-13)23-18(24)14-7-4-8-15(20)11-14;/h3-4,6-11,17H,2,5,12,21H2,1H3,(H,22,25)(H,23,24);1H. The highest BCUT2D eigenvalue weighted by Crippen LogP contribution is 2.13. The van der Waals surface area contributed by atoms with Crippen LogP contribution < -0.4 is 16.4 Å². The van der Waals surface area contributed by atoms with Crippen molar-refractivity contribution in [1.82, 2.24) is 5.32 Å². The van der Waals surface area contributed by atoms with E-state index in [0.717, 1.165) is 12.0 Å². The van der Waals surface area contributed by atoms with E-state index in [1.54, 1.807) is 18.2 Å². The number of nitrogens with two attached hydrogens (primary N) is 1. The average Bonchev–Trinajstić information content (AvgIpc) is 2.60. The van der Waals surface area contributed by atoms with Crippen molar-refractivity contribution in [1.29, 1.82) is 0 Å². The predicted octanol–water partition coefficient (Wildman–Crippen LogP) is 3.24. The van der Waals surface area contributed by atoms with E-state index in [1.807, 2.05) is 13.0 Å². The molecule has 140 valence electrons. The molecule has 0 saturated carbocycles. The Morgan fingerprint density at radius 1 is 1.15 bits per heavy atom. The average molecular weight is 380 g/mol. The van der Waals surface area contributed by atoms with E-state index in [-0.39, 0.29) is 23.9 Å². The summed E-state index contributed by atoms with van der Waals surface area (Å²) in [5.74, 6) is -1.06. The maximum atomic E-state index is 13.2. The van der Waals surface area contributed by atoms with Gasteiger partial charge in [-0.1, -0.05) is 31.5 Å². The summed E-state index contributed by atoms with van der Waals surface area (Å²) in [7, 11) is 0. The Labute approximate surface area is 158 Å². The second-order valence-corrected chi connectivity index (χ2v) is 5.78. The Bertz CT molecular complexity index is 755. The van der Waals surface area contributed by atoms with Crippen molar-refractivity contribution in [2.45, 2.75) is 32.4 Å². The van der Waals surface area contributed by atoms with Gasteiger partial charge >= 0.3 is 0 Å². The van der Waals surface area contributed by atoms with Crippen molar-refractivity contribution >= 4 is 29.9 Å². The molecule has 2 amide bonds. The number of nitrogens with one attached hydrogen (secondary N) is 2. The first kappa shape index (κ1) is 21.6. The highest BCUT2D eigenvalue weighted by Gasteiger charge is 2.12. The van der Waals surface area contributed by atoms with Crippen LogP contribution in [-0.4, -0.2) is 17.9 Å². The van der Waals surface area contributed by atoms with Crippen LogP contribution in [0.15, 0.2) is 48.5 Å². The summed E-state index contributed by atoms with van der Waals surface area (Å²) in [5, 5.41) is 5.49. The van der Waals surface area contributed by atoms with Crippen LogP contribution in [0.4, 0.5) is 10.1 Å². The summed E-state index contributed by atoms with van der Waals surface area (Å²) in [6.45, 7) is 2.29. The molecule has 0 saturated heterocycles. The first-order valence-corrected chi connectivity index (χ1v) is 8.18. The van der Waals surface area contributed by atoms with Gasteiger partial charge in [0.25, 0.3) is 5.91 Å². The Kier molecular flexibility index (Phi) is 8.75. The van der Waals surface area contributed by atoms with Crippen LogP contribution >= 0.6 is 12.4 Å². The highest BCUT2D eigenvalue weighted by molar-refractivity contribution is 6.04. The number of hydrogen-bond donors (Lipinski definition) is 3.